The Morgan fingerprint density at radius 2 is 2.15 bits per heavy atom. The molecule has 0 radical (unpaired) electrons. The number of fused-ring (bicyclic) bond motifs is 1. The van der Waals surface area contributed by atoms with Crippen molar-refractivity contribution < 1.29 is 4.79 Å². The van der Waals surface area contributed by atoms with E-state index in [4.69, 9.17) is 0 Å². The standard InChI is InChI=1S/C15H14N4O/c1-10-12(9-18-19-10)8-17-15(20)13-6-2-4-11-5-3-7-16-14(11)13/h2-7,9H,8H2,1H3,(H,17,20)(H,18,19). The number of rotatable bonds is 3. The summed E-state index contributed by atoms with van der Waals surface area (Å²) < 4.78 is 0. The van der Waals surface area contributed by atoms with E-state index in [1.54, 1.807) is 18.5 Å². The molecule has 1 amide bonds. The molecule has 5 heteroatoms. The number of amides is 1. The van der Waals surface area contributed by atoms with Crippen molar-refractivity contribution >= 4 is 16.8 Å². The highest BCUT2D eigenvalue weighted by Crippen LogP contribution is 2.16. The van der Waals surface area contributed by atoms with Crippen molar-refractivity contribution in [2.75, 3.05) is 0 Å². The lowest BCUT2D eigenvalue weighted by Gasteiger charge is -2.07. The number of nitrogens with zero attached hydrogens (tertiary/aromatic N) is 2. The molecule has 0 fully saturated rings. The van der Waals surface area contributed by atoms with Crippen LogP contribution < -0.4 is 5.32 Å². The Bertz CT molecular complexity index is 758. The lowest BCUT2D eigenvalue weighted by molar-refractivity contribution is 0.0952. The lowest BCUT2D eigenvalue weighted by atomic mass is 10.1. The zero-order valence-corrected chi connectivity index (χ0v) is 11.1. The molecule has 0 aliphatic heterocycles. The van der Waals surface area contributed by atoms with Gasteiger partial charge in [0, 0.05) is 29.4 Å². The number of aromatic amines is 1. The average Bonchev–Trinajstić information content (AvgIpc) is 2.89. The van der Waals surface area contributed by atoms with Crippen LogP contribution in [0.4, 0.5) is 0 Å². The summed E-state index contributed by atoms with van der Waals surface area (Å²) in [7, 11) is 0. The van der Waals surface area contributed by atoms with E-state index in [1.807, 2.05) is 31.2 Å². The normalized spacial score (nSPS) is 10.7. The minimum absolute atomic E-state index is 0.130. The van der Waals surface area contributed by atoms with Gasteiger partial charge in [-0.2, -0.15) is 5.10 Å². The third-order valence-corrected chi connectivity index (χ3v) is 3.25. The number of pyridine rings is 1. The Kier molecular flexibility index (Phi) is 3.16. The van der Waals surface area contributed by atoms with Crippen molar-refractivity contribution in [3.8, 4) is 0 Å². The Balaban J connectivity index is 1.84. The molecule has 2 heterocycles. The molecule has 2 aromatic heterocycles. The van der Waals surface area contributed by atoms with Gasteiger partial charge in [0.15, 0.2) is 0 Å². The number of nitrogens with one attached hydrogen (secondary N) is 2. The second-order valence-electron chi connectivity index (χ2n) is 4.58. The molecule has 0 saturated carbocycles. The number of aryl methyl sites for hydroxylation is 1. The second kappa shape index (κ2) is 5.13. The predicted octanol–water partition coefficient (Wildman–Crippen LogP) is 2.20. The zero-order chi connectivity index (χ0) is 13.9. The average molecular weight is 266 g/mol. The first-order valence-corrected chi connectivity index (χ1v) is 6.36. The van der Waals surface area contributed by atoms with Gasteiger partial charge in [0.2, 0.25) is 0 Å². The van der Waals surface area contributed by atoms with E-state index in [9.17, 15) is 4.79 Å². The van der Waals surface area contributed by atoms with Gasteiger partial charge in [-0.05, 0) is 19.1 Å². The fraction of sp³-hybridized carbons (Fsp3) is 0.133. The molecule has 2 N–H and O–H groups in total. The van der Waals surface area contributed by atoms with Crippen LogP contribution in [0.25, 0.3) is 10.9 Å². The van der Waals surface area contributed by atoms with Gasteiger partial charge in [0.1, 0.15) is 0 Å². The topological polar surface area (TPSA) is 70.7 Å². The maximum Gasteiger partial charge on any atom is 0.253 e. The van der Waals surface area contributed by atoms with E-state index >= 15 is 0 Å². The van der Waals surface area contributed by atoms with E-state index in [1.165, 1.54) is 0 Å². The molecule has 0 aliphatic rings. The van der Waals surface area contributed by atoms with Crippen molar-refractivity contribution in [3.63, 3.8) is 0 Å². The number of carbonyl (C=O) groups excluding carboxylic acids is 1. The van der Waals surface area contributed by atoms with Crippen molar-refractivity contribution in [1.82, 2.24) is 20.5 Å². The molecule has 5 nitrogen and oxygen atoms in total. The summed E-state index contributed by atoms with van der Waals surface area (Å²) in [6.45, 7) is 2.37. The summed E-state index contributed by atoms with van der Waals surface area (Å²) >= 11 is 0. The number of carbonyl (C=O) groups is 1. The largest absolute Gasteiger partial charge is 0.348 e. The van der Waals surface area contributed by atoms with Crippen LogP contribution >= 0.6 is 0 Å². The number of hydrogen-bond acceptors (Lipinski definition) is 3. The number of benzene rings is 1. The Morgan fingerprint density at radius 1 is 1.30 bits per heavy atom. The second-order valence-corrected chi connectivity index (χ2v) is 4.58. The lowest BCUT2D eigenvalue weighted by Crippen LogP contribution is -2.23. The summed E-state index contributed by atoms with van der Waals surface area (Å²) in [5.74, 6) is -0.130. The van der Waals surface area contributed by atoms with Crippen LogP contribution in [0, 0.1) is 6.92 Å². The number of aromatic nitrogens is 3. The van der Waals surface area contributed by atoms with Crippen LogP contribution in [0.2, 0.25) is 0 Å². The first kappa shape index (κ1) is 12.3. The van der Waals surface area contributed by atoms with Crippen molar-refractivity contribution in [1.29, 1.82) is 0 Å². The van der Waals surface area contributed by atoms with Gasteiger partial charge in [-0.15, -0.1) is 0 Å². The van der Waals surface area contributed by atoms with Crippen LogP contribution in [0.5, 0.6) is 0 Å². The first-order chi connectivity index (χ1) is 9.75. The molecule has 0 unspecified atom stereocenters. The van der Waals surface area contributed by atoms with Crippen LogP contribution in [0.1, 0.15) is 21.6 Å². The van der Waals surface area contributed by atoms with E-state index in [2.05, 4.69) is 20.5 Å². The molecule has 0 saturated heterocycles. The van der Waals surface area contributed by atoms with E-state index in [0.717, 1.165) is 22.2 Å². The fourth-order valence-corrected chi connectivity index (χ4v) is 2.11. The van der Waals surface area contributed by atoms with Crippen LogP contribution in [-0.2, 0) is 6.54 Å². The summed E-state index contributed by atoms with van der Waals surface area (Å²) in [6, 6.07) is 9.40. The SMILES string of the molecule is Cc1[nH]ncc1CNC(=O)c1cccc2cccnc12. The first-order valence-electron chi connectivity index (χ1n) is 6.36. The molecule has 20 heavy (non-hydrogen) atoms. The number of para-hydroxylation sites is 1. The van der Waals surface area contributed by atoms with Gasteiger partial charge in [0.25, 0.3) is 5.91 Å². The van der Waals surface area contributed by atoms with Gasteiger partial charge < -0.3 is 5.32 Å². The molecular formula is C15H14N4O. The van der Waals surface area contributed by atoms with Crippen molar-refractivity contribution in [3.05, 3.63) is 59.5 Å². The Hall–Kier alpha value is -2.69. The summed E-state index contributed by atoms with van der Waals surface area (Å²) in [6.07, 6.45) is 3.41. The van der Waals surface area contributed by atoms with Gasteiger partial charge in [-0.1, -0.05) is 18.2 Å². The molecular weight excluding hydrogens is 252 g/mol. The molecule has 0 bridgehead atoms. The molecule has 3 aromatic rings. The van der Waals surface area contributed by atoms with Gasteiger partial charge >= 0.3 is 0 Å². The fourth-order valence-electron chi connectivity index (χ4n) is 2.11. The summed E-state index contributed by atoms with van der Waals surface area (Å²) in [4.78, 5) is 16.6. The molecule has 0 spiro atoms. The van der Waals surface area contributed by atoms with Gasteiger partial charge in [-0.25, -0.2) is 0 Å². The molecule has 3 rings (SSSR count). The van der Waals surface area contributed by atoms with Crippen LogP contribution in [0.3, 0.4) is 0 Å². The summed E-state index contributed by atoms with van der Waals surface area (Å²) in [5, 5.41) is 10.6. The zero-order valence-electron chi connectivity index (χ0n) is 11.1. The monoisotopic (exact) mass is 266 g/mol. The third kappa shape index (κ3) is 2.25. The minimum atomic E-state index is -0.130. The third-order valence-electron chi connectivity index (χ3n) is 3.25. The Labute approximate surface area is 116 Å². The van der Waals surface area contributed by atoms with E-state index < -0.39 is 0 Å². The highest BCUT2D eigenvalue weighted by Gasteiger charge is 2.11. The number of hydrogen-bond donors (Lipinski definition) is 2. The summed E-state index contributed by atoms with van der Waals surface area (Å²) in [5.41, 5.74) is 3.24. The smallest absolute Gasteiger partial charge is 0.253 e. The molecule has 0 aliphatic carbocycles. The number of H-pyrrole nitrogens is 1. The molecule has 100 valence electrons. The quantitative estimate of drug-likeness (QED) is 0.763. The molecule has 1 aromatic carbocycles. The van der Waals surface area contributed by atoms with Crippen molar-refractivity contribution in [2.45, 2.75) is 13.5 Å². The predicted molar refractivity (Wildman–Crippen MR) is 76.2 cm³/mol. The maximum atomic E-state index is 12.3. The van der Waals surface area contributed by atoms with E-state index in [-0.39, 0.29) is 5.91 Å². The van der Waals surface area contributed by atoms with Crippen molar-refractivity contribution in [2.24, 2.45) is 0 Å². The minimum Gasteiger partial charge on any atom is -0.348 e. The van der Waals surface area contributed by atoms with Gasteiger partial charge in [-0.3, -0.25) is 14.9 Å². The molecule has 0 atom stereocenters. The van der Waals surface area contributed by atoms with Crippen LogP contribution in [-0.4, -0.2) is 21.1 Å². The van der Waals surface area contributed by atoms with Crippen LogP contribution in [0.15, 0.2) is 42.7 Å². The highest BCUT2D eigenvalue weighted by atomic mass is 16.1. The van der Waals surface area contributed by atoms with E-state index in [0.29, 0.717) is 12.1 Å². The Morgan fingerprint density at radius 3 is 2.95 bits per heavy atom. The highest BCUT2D eigenvalue weighted by molar-refractivity contribution is 6.05. The van der Waals surface area contributed by atoms with Gasteiger partial charge in [0.05, 0.1) is 17.3 Å². The maximum absolute atomic E-state index is 12.3.